The highest BCUT2D eigenvalue weighted by Gasteiger charge is 2.14. The Bertz CT molecular complexity index is 627. The van der Waals surface area contributed by atoms with Gasteiger partial charge in [-0.3, -0.25) is 9.59 Å². The summed E-state index contributed by atoms with van der Waals surface area (Å²) in [5.74, 6) is -0.877. The number of rotatable bonds is 5. The molecule has 0 fully saturated rings. The molecule has 0 unspecified atom stereocenters. The summed E-state index contributed by atoms with van der Waals surface area (Å²) < 4.78 is 10.3. The minimum atomic E-state index is -0.813. The lowest BCUT2D eigenvalue weighted by molar-refractivity contribution is -0.137. The molecule has 21 heavy (non-hydrogen) atoms. The average molecular weight is 288 g/mol. The van der Waals surface area contributed by atoms with E-state index in [1.807, 2.05) is 0 Å². The zero-order chi connectivity index (χ0) is 16.0. The van der Waals surface area contributed by atoms with Gasteiger partial charge >= 0.3 is 5.97 Å². The largest absolute Gasteiger partial charge is 0.493 e. The van der Waals surface area contributed by atoms with E-state index in [-0.39, 0.29) is 23.2 Å². The fourth-order valence-corrected chi connectivity index (χ4v) is 1.41. The summed E-state index contributed by atoms with van der Waals surface area (Å²) in [5.41, 5.74) is 5.42. The molecule has 0 radical (unpaired) electrons. The predicted octanol–water partition coefficient (Wildman–Crippen LogP) is 1.65. The molecule has 6 nitrogen and oxygen atoms in total. The van der Waals surface area contributed by atoms with Crippen molar-refractivity contribution in [2.45, 2.75) is 13.8 Å². The van der Waals surface area contributed by atoms with E-state index in [0.717, 1.165) is 0 Å². The molecular weight excluding hydrogens is 272 g/mol. The van der Waals surface area contributed by atoms with Crippen molar-refractivity contribution in [3.63, 3.8) is 0 Å². The number of amides is 1. The first kappa shape index (κ1) is 16.2. The van der Waals surface area contributed by atoms with Crippen molar-refractivity contribution < 1.29 is 19.1 Å². The fourth-order valence-electron chi connectivity index (χ4n) is 1.41. The lowest BCUT2D eigenvalue weighted by atomic mass is 10.1. The van der Waals surface area contributed by atoms with Gasteiger partial charge in [-0.25, -0.2) is 0 Å². The van der Waals surface area contributed by atoms with Crippen molar-refractivity contribution in [2.75, 3.05) is 7.11 Å². The van der Waals surface area contributed by atoms with Gasteiger partial charge in [0.1, 0.15) is 11.6 Å². The Balaban J connectivity index is 3.13. The molecule has 0 saturated heterocycles. The standard InChI is InChI=1S/C15H16N2O4/c1-9(2)15(19)21-12-5-4-10(7-13(12)20-3)6-11(8-16)14(17)18/h4-7,9H,1-3H3,(H2,17,18)/b11-6+. The molecule has 0 aliphatic heterocycles. The van der Waals surface area contributed by atoms with E-state index < -0.39 is 5.91 Å². The fraction of sp³-hybridized carbons (Fsp3) is 0.267. The van der Waals surface area contributed by atoms with Crippen LogP contribution in [0, 0.1) is 17.2 Å². The second-order valence-electron chi connectivity index (χ2n) is 4.52. The molecule has 0 spiro atoms. The van der Waals surface area contributed by atoms with Gasteiger partial charge in [-0.15, -0.1) is 0 Å². The Labute approximate surface area is 122 Å². The smallest absolute Gasteiger partial charge is 0.313 e. The molecule has 0 saturated carbocycles. The number of methoxy groups -OCH3 is 1. The molecule has 0 aliphatic carbocycles. The third-order valence-electron chi connectivity index (χ3n) is 2.57. The average Bonchev–Trinajstić information content (AvgIpc) is 2.45. The second-order valence-corrected chi connectivity index (χ2v) is 4.52. The minimum Gasteiger partial charge on any atom is -0.493 e. The molecule has 110 valence electrons. The SMILES string of the molecule is COc1cc(/C=C(\C#N)C(N)=O)ccc1OC(=O)C(C)C. The molecule has 1 aromatic rings. The van der Waals surface area contributed by atoms with Crippen molar-refractivity contribution in [3.05, 3.63) is 29.3 Å². The van der Waals surface area contributed by atoms with E-state index in [9.17, 15) is 9.59 Å². The van der Waals surface area contributed by atoms with Crippen LogP contribution >= 0.6 is 0 Å². The van der Waals surface area contributed by atoms with Crippen LogP contribution in [0.3, 0.4) is 0 Å². The van der Waals surface area contributed by atoms with Crippen LogP contribution in [0.5, 0.6) is 11.5 Å². The third kappa shape index (κ3) is 4.35. The Hall–Kier alpha value is -2.81. The van der Waals surface area contributed by atoms with E-state index >= 15 is 0 Å². The third-order valence-corrected chi connectivity index (χ3v) is 2.57. The van der Waals surface area contributed by atoms with Gasteiger partial charge in [-0.2, -0.15) is 5.26 Å². The molecule has 6 heteroatoms. The number of carbonyl (C=O) groups excluding carboxylic acids is 2. The van der Waals surface area contributed by atoms with Crippen molar-refractivity contribution >= 4 is 18.0 Å². The van der Waals surface area contributed by atoms with Crippen LogP contribution in [0.2, 0.25) is 0 Å². The summed E-state index contributed by atoms with van der Waals surface area (Å²) in [6, 6.07) is 6.37. The Morgan fingerprint density at radius 3 is 2.48 bits per heavy atom. The molecular formula is C15H16N2O4. The van der Waals surface area contributed by atoms with E-state index in [1.165, 1.54) is 19.3 Å². The van der Waals surface area contributed by atoms with Gasteiger partial charge < -0.3 is 15.2 Å². The molecule has 2 N–H and O–H groups in total. The first-order valence-electron chi connectivity index (χ1n) is 6.20. The topological polar surface area (TPSA) is 102 Å². The van der Waals surface area contributed by atoms with Gasteiger partial charge in [-0.05, 0) is 23.8 Å². The van der Waals surface area contributed by atoms with Gasteiger partial charge in [0.25, 0.3) is 5.91 Å². The second kappa shape index (κ2) is 7.10. The highest BCUT2D eigenvalue weighted by Crippen LogP contribution is 2.29. The van der Waals surface area contributed by atoms with E-state index in [0.29, 0.717) is 11.3 Å². The van der Waals surface area contributed by atoms with Gasteiger partial charge in [0.05, 0.1) is 13.0 Å². The number of primary amides is 1. The Kier molecular flexibility index (Phi) is 5.49. The molecule has 0 aliphatic rings. The lowest BCUT2D eigenvalue weighted by Gasteiger charge is -2.11. The number of nitriles is 1. The zero-order valence-electron chi connectivity index (χ0n) is 12.0. The van der Waals surface area contributed by atoms with Crippen molar-refractivity contribution in [3.8, 4) is 17.6 Å². The Morgan fingerprint density at radius 1 is 1.33 bits per heavy atom. The van der Waals surface area contributed by atoms with E-state index in [4.69, 9.17) is 20.5 Å². The van der Waals surface area contributed by atoms with E-state index in [1.54, 1.807) is 32.0 Å². The number of benzene rings is 1. The van der Waals surface area contributed by atoms with Crippen LogP contribution in [0.1, 0.15) is 19.4 Å². The predicted molar refractivity (Wildman–Crippen MR) is 76.3 cm³/mol. The number of hydrogen-bond donors (Lipinski definition) is 1. The van der Waals surface area contributed by atoms with Crippen LogP contribution in [0.15, 0.2) is 23.8 Å². The Morgan fingerprint density at radius 2 is 2.00 bits per heavy atom. The highest BCUT2D eigenvalue weighted by molar-refractivity contribution is 6.00. The van der Waals surface area contributed by atoms with Crippen molar-refractivity contribution in [1.82, 2.24) is 0 Å². The summed E-state index contributed by atoms with van der Waals surface area (Å²) in [6.07, 6.45) is 1.33. The van der Waals surface area contributed by atoms with Crippen molar-refractivity contribution in [1.29, 1.82) is 5.26 Å². The molecule has 1 amide bonds. The monoisotopic (exact) mass is 288 g/mol. The first-order valence-corrected chi connectivity index (χ1v) is 6.20. The van der Waals surface area contributed by atoms with Gasteiger partial charge in [0, 0.05) is 0 Å². The van der Waals surface area contributed by atoms with Gasteiger partial charge in [0.2, 0.25) is 0 Å². The van der Waals surface area contributed by atoms with Crippen LogP contribution in [-0.4, -0.2) is 19.0 Å². The number of nitrogens with zero attached hydrogens (tertiary/aromatic N) is 1. The first-order chi connectivity index (χ1) is 9.88. The maximum atomic E-state index is 11.6. The summed E-state index contributed by atoms with van der Waals surface area (Å²) in [5, 5.41) is 8.80. The van der Waals surface area contributed by atoms with Crippen molar-refractivity contribution in [2.24, 2.45) is 11.7 Å². The molecule has 1 rings (SSSR count). The van der Waals surface area contributed by atoms with E-state index in [2.05, 4.69) is 0 Å². The maximum Gasteiger partial charge on any atom is 0.313 e. The van der Waals surface area contributed by atoms with Gasteiger partial charge in [-0.1, -0.05) is 19.9 Å². The number of esters is 1. The summed E-state index contributed by atoms with van der Waals surface area (Å²) >= 11 is 0. The van der Waals surface area contributed by atoms with Crippen LogP contribution in [0.25, 0.3) is 6.08 Å². The summed E-state index contributed by atoms with van der Waals surface area (Å²) in [7, 11) is 1.43. The number of nitrogens with two attached hydrogens (primary N) is 1. The highest BCUT2D eigenvalue weighted by atomic mass is 16.6. The number of ether oxygens (including phenoxy) is 2. The molecule has 0 aromatic heterocycles. The zero-order valence-corrected chi connectivity index (χ0v) is 12.0. The summed E-state index contributed by atoms with van der Waals surface area (Å²) in [4.78, 5) is 22.6. The lowest BCUT2D eigenvalue weighted by Crippen LogP contribution is -2.15. The normalized spacial score (nSPS) is 10.9. The molecule has 0 atom stereocenters. The summed E-state index contributed by atoms with van der Waals surface area (Å²) in [6.45, 7) is 3.44. The maximum absolute atomic E-state index is 11.6. The van der Waals surface area contributed by atoms with Gasteiger partial charge in [0.15, 0.2) is 11.5 Å². The molecule has 0 bridgehead atoms. The molecule has 0 heterocycles. The number of hydrogen-bond acceptors (Lipinski definition) is 5. The van der Waals surface area contributed by atoms with Crippen LogP contribution in [-0.2, 0) is 9.59 Å². The quantitative estimate of drug-likeness (QED) is 0.384. The van der Waals surface area contributed by atoms with Crippen LogP contribution < -0.4 is 15.2 Å². The molecule has 1 aromatic carbocycles. The minimum absolute atomic E-state index is 0.177. The van der Waals surface area contributed by atoms with Crippen LogP contribution in [0.4, 0.5) is 0 Å². The number of carbonyl (C=O) groups is 2.